The van der Waals surface area contributed by atoms with Crippen LogP contribution in [0.25, 0.3) is 6.08 Å². The molecule has 3 rings (SSSR count). The summed E-state index contributed by atoms with van der Waals surface area (Å²) in [6.45, 7) is 1.81. The van der Waals surface area contributed by atoms with Crippen LogP contribution >= 0.6 is 23.1 Å². The summed E-state index contributed by atoms with van der Waals surface area (Å²) < 4.78 is 0. The highest BCUT2D eigenvalue weighted by Gasteiger charge is 2.24. The van der Waals surface area contributed by atoms with Crippen LogP contribution in [0.1, 0.15) is 23.3 Å². The molecule has 11 heteroatoms. The van der Waals surface area contributed by atoms with E-state index in [9.17, 15) is 19.5 Å². The number of phenols is 1. The van der Waals surface area contributed by atoms with Gasteiger partial charge in [-0.05, 0) is 48.5 Å². The number of carbonyl (C=O) groups is 3. The number of anilines is 1. The molecule has 0 unspecified atom stereocenters. The third kappa shape index (κ3) is 5.65. The molecule has 150 valence electrons. The molecule has 1 fully saturated rings. The number of aryl methyl sites for hydroxylation is 1. The minimum atomic E-state index is -1.05. The van der Waals surface area contributed by atoms with Crippen molar-refractivity contribution in [3.05, 3.63) is 39.7 Å². The van der Waals surface area contributed by atoms with Crippen LogP contribution in [0.15, 0.2) is 34.3 Å². The SMILES string of the molecule is Cc1cc(O)ccc1N=C1NC(=O)C(=Cc2cnc(NC(=O)CCC(=O)O)s2)S1. The standard InChI is InChI=1S/C18H16N4O5S2/c1-9-6-10(23)2-3-12(9)20-18-22-16(27)13(29-18)7-11-8-19-17(28-11)21-14(24)4-5-15(25)26/h2-3,6-8,23H,4-5H2,1H3,(H,25,26)(H,19,21,24)(H,20,22,27). The number of carbonyl (C=O) groups excluding carboxylic acids is 2. The largest absolute Gasteiger partial charge is 0.508 e. The third-order valence-electron chi connectivity index (χ3n) is 3.66. The van der Waals surface area contributed by atoms with Gasteiger partial charge in [0.2, 0.25) is 5.91 Å². The number of rotatable bonds is 6. The van der Waals surface area contributed by atoms with Crippen LogP contribution in [0, 0.1) is 6.92 Å². The molecule has 29 heavy (non-hydrogen) atoms. The monoisotopic (exact) mass is 432 g/mol. The highest BCUT2D eigenvalue weighted by molar-refractivity contribution is 8.18. The zero-order chi connectivity index (χ0) is 21.0. The van der Waals surface area contributed by atoms with Crippen LogP contribution in [0.3, 0.4) is 0 Å². The van der Waals surface area contributed by atoms with Crippen molar-refractivity contribution in [1.29, 1.82) is 0 Å². The van der Waals surface area contributed by atoms with Gasteiger partial charge in [-0.2, -0.15) is 0 Å². The Morgan fingerprint density at radius 3 is 2.86 bits per heavy atom. The van der Waals surface area contributed by atoms with Gasteiger partial charge in [0.15, 0.2) is 10.3 Å². The maximum Gasteiger partial charge on any atom is 0.303 e. The molecule has 2 amide bonds. The number of benzene rings is 1. The lowest BCUT2D eigenvalue weighted by Crippen LogP contribution is -2.19. The Kier molecular flexibility index (Phi) is 6.29. The van der Waals surface area contributed by atoms with Crippen LogP contribution in [0.2, 0.25) is 0 Å². The Morgan fingerprint density at radius 2 is 2.14 bits per heavy atom. The van der Waals surface area contributed by atoms with E-state index >= 15 is 0 Å². The number of phenolic OH excluding ortho intramolecular Hbond substituents is 1. The molecule has 1 aromatic carbocycles. The molecule has 0 spiro atoms. The molecule has 1 saturated heterocycles. The average molecular weight is 432 g/mol. The minimum absolute atomic E-state index is 0.139. The summed E-state index contributed by atoms with van der Waals surface area (Å²) in [5, 5.41) is 24.0. The van der Waals surface area contributed by atoms with Gasteiger partial charge in [-0.25, -0.2) is 9.98 Å². The Bertz CT molecular complexity index is 1040. The molecular formula is C18H16N4O5S2. The zero-order valence-corrected chi connectivity index (χ0v) is 16.8. The summed E-state index contributed by atoms with van der Waals surface area (Å²) in [5.74, 6) is -1.64. The first-order valence-corrected chi connectivity index (χ1v) is 10.00. The molecule has 0 saturated carbocycles. The number of hydrogen-bond donors (Lipinski definition) is 4. The first-order valence-electron chi connectivity index (χ1n) is 8.37. The molecule has 2 heterocycles. The smallest absolute Gasteiger partial charge is 0.303 e. The molecule has 0 aliphatic carbocycles. The maximum atomic E-state index is 12.2. The number of hydrogen-bond acceptors (Lipinski definition) is 8. The summed E-state index contributed by atoms with van der Waals surface area (Å²) in [5.41, 5.74) is 1.41. The van der Waals surface area contributed by atoms with Gasteiger partial charge in [-0.15, -0.1) is 0 Å². The van der Waals surface area contributed by atoms with Crippen molar-refractivity contribution in [3.63, 3.8) is 0 Å². The molecule has 0 radical (unpaired) electrons. The third-order valence-corrected chi connectivity index (χ3v) is 5.43. The second-order valence-corrected chi connectivity index (χ2v) is 8.06. The highest BCUT2D eigenvalue weighted by Crippen LogP contribution is 2.31. The van der Waals surface area contributed by atoms with Crippen molar-refractivity contribution in [1.82, 2.24) is 10.3 Å². The number of carboxylic acid groups (broad SMARTS) is 1. The van der Waals surface area contributed by atoms with Crippen molar-refractivity contribution in [3.8, 4) is 5.75 Å². The lowest BCUT2D eigenvalue weighted by atomic mass is 10.2. The molecule has 4 N–H and O–H groups in total. The molecule has 1 aliphatic heterocycles. The second-order valence-electron chi connectivity index (χ2n) is 5.96. The lowest BCUT2D eigenvalue weighted by molar-refractivity contribution is -0.138. The zero-order valence-electron chi connectivity index (χ0n) is 15.1. The van der Waals surface area contributed by atoms with E-state index in [0.29, 0.717) is 25.8 Å². The van der Waals surface area contributed by atoms with Crippen LogP contribution in [-0.4, -0.2) is 38.1 Å². The van der Waals surface area contributed by atoms with Crippen molar-refractivity contribution >= 4 is 62.9 Å². The molecule has 1 aromatic heterocycles. The van der Waals surface area contributed by atoms with Gasteiger partial charge in [0.1, 0.15) is 5.75 Å². The number of carboxylic acids is 1. The average Bonchev–Trinajstić information content (AvgIpc) is 3.22. The van der Waals surface area contributed by atoms with Gasteiger partial charge < -0.3 is 20.8 Å². The van der Waals surface area contributed by atoms with E-state index < -0.39 is 11.9 Å². The number of amidine groups is 1. The molecule has 1 aliphatic rings. The van der Waals surface area contributed by atoms with E-state index in [0.717, 1.165) is 5.56 Å². The first kappa shape index (κ1) is 20.6. The number of nitrogens with one attached hydrogen (secondary N) is 2. The summed E-state index contributed by atoms with van der Waals surface area (Å²) in [6.07, 6.45) is 2.75. The topological polar surface area (TPSA) is 141 Å². The lowest BCUT2D eigenvalue weighted by Gasteiger charge is -2.01. The van der Waals surface area contributed by atoms with E-state index in [1.54, 1.807) is 25.1 Å². The molecular weight excluding hydrogens is 416 g/mol. The van der Waals surface area contributed by atoms with E-state index in [-0.39, 0.29) is 24.5 Å². The summed E-state index contributed by atoms with van der Waals surface area (Å²) >= 11 is 2.34. The fraction of sp³-hybridized carbons (Fsp3) is 0.167. The number of aliphatic imine (C=N–C) groups is 1. The number of amides is 2. The fourth-order valence-electron chi connectivity index (χ4n) is 2.30. The Morgan fingerprint density at radius 1 is 1.34 bits per heavy atom. The Hall–Kier alpha value is -3.18. The van der Waals surface area contributed by atoms with Crippen molar-refractivity contribution in [2.75, 3.05) is 5.32 Å². The summed E-state index contributed by atoms with van der Waals surface area (Å²) in [6, 6.07) is 4.77. The van der Waals surface area contributed by atoms with Gasteiger partial charge in [0.25, 0.3) is 5.91 Å². The van der Waals surface area contributed by atoms with Crippen LogP contribution in [0.5, 0.6) is 5.75 Å². The molecule has 0 atom stereocenters. The fourth-order valence-corrected chi connectivity index (χ4v) is 3.97. The first-order chi connectivity index (χ1) is 13.8. The molecule has 9 nitrogen and oxygen atoms in total. The number of aromatic nitrogens is 1. The predicted octanol–water partition coefficient (Wildman–Crippen LogP) is 2.85. The van der Waals surface area contributed by atoms with Gasteiger partial charge >= 0.3 is 5.97 Å². The highest BCUT2D eigenvalue weighted by atomic mass is 32.2. The van der Waals surface area contributed by atoms with Gasteiger partial charge in [-0.1, -0.05) is 11.3 Å². The van der Waals surface area contributed by atoms with Gasteiger partial charge in [-0.3, -0.25) is 14.4 Å². The number of nitrogens with zero attached hydrogens (tertiary/aromatic N) is 2. The normalized spacial score (nSPS) is 16.2. The van der Waals surface area contributed by atoms with Crippen LogP contribution in [0.4, 0.5) is 10.8 Å². The maximum absolute atomic E-state index is 12.2. The number of thioether (sulfide) groups is 1. The molecule has 0 bridgehead atoms. The number of aliphatic carboxylic acids is 1. The van der Waals surface area contributed by atoms with Crippen molar-refractivity contribution in [2.24, 2.45) is 4.99 Å². The van der Waals surface area contributed by atoms with E-state index in [4.69, 9.17) is 5.11 Å². The Balaban J connectivity index is 1.67. The van der Waals surface area contributed by atoms with Crippen molar-refractivity contribution in [2.45, 2.75) is 19.8 Å². The summed E-state index contributed by atoms with van der Waals surface area (Å²) in [7, 11) is 0. The Labute approximate surface area is 173 Å². The van der Waals surface area contributed by atoms with Gasteiger partial charge in [0, 0.05) is 12.6 Å². The molecule has 2 aromatic rings. The quantitative estimate of drug-likeness (QED) is 0.514. The van der Waals surface area contributed by atoms with Crippen LogP contribution < -0.4 is 10.6 Å². The number of aromatic hydroxyl groups is 1. The minimum Gasteiger partial charge on any atom is -0.508 e. The van der Waals surface area contributed by atoms with E-state index in [1.807, 2.05) is 0 Å². The van der Waals surface area contributed by atoms with Crippen molar-refractivity contribution < 1.29 is 24.6 Å². The predicted molar refractivity (Wildman–Crippen MR) is 111 cm³/mol. The second kappa shape index (κ2) is 8.88. The van der Waals surface area contributed by atoms with E-state index in [1.165, 1.54) is 35.4 Å². The van der Waals surface area contributed by atoms with E-state index in [2.05, 4.69) is 20.6 Å². The van der Waals surface area contributed by atoms with Crippen LogP contribution in [-0.2, 0) is 14.4 Å². The summed E-state index contributed by atoms with van der Waals surface area (Å²) in [4.78, 5) is 43.9. The number of thiazole rings is 1. The van der Waals surface area contributed by atoms with Gasteiger partial charge in [0.05, 0.1) is 21.9 Å².